The fraction of sp³-hybridized carbons (Fsp3) is 0.853. The number of esters is 5. The van der Waals surface area contributed by atoms with E-state index in [-0.39, 0.29) is 71.7 Å². The summed E-state index contributed by atoms with van der Waals surface area (Å²) in [6.07, 6.45) is 4.21. The Kier molecular flexibility index (Phi) is 11.8. The van der Waals surface area contributed by atoms with E-state index >= 15 is 0 Å². The topological polar surface area (TPSA) is 172 Å². The highest BCUT2D eigenvalue weighted by atomic mass is 16.6. The number of fused-ring (bicyclic) bond motifs is 5. The standard InChI is InChI=1S/C34H52O12/c1-19(6-9-27(37)44-17-30(40)42-4)22-7-8-23-32-24(16-26(36)34(22,23)3)33(2)13-12-21(14-20(33)15-25(32)35)46-29(39)11-10-28(38)45-18-31(41)43-5/h19-26,32,35-36H,6-18H2,1-5H3. The Balaban J connectivity index is 1.34. The molecule has 11 unspecified atom stereocenters. The molecular weight excluding hydrogens is 600 g/mol. The van der Waals surface area contributed by atoms with Crippen molar-refractivity contribution in [1.82, 2.24) is 0 Å². The zero-order valence-corrected chi connectivity index (χ0v) is 27.9. The molecule has 4 aliphatic rings. The number of hydrogen-bond donors (Lipinski definition) is 2. The molecule has 260 valence electrons. The lowest BCUT2D eigenvalue weighted by atomic mass is 9.43. The quantitative estimate of drug-likeness (QED) is 0.233. The number of ether oxygens (including phenoxy) is 5. The van der Waals surface area contributed by atoms with Crippen molar-refractivity contribution in [2.24, 2.45) is 46.3 Å². The van der Waals surface area contributed by atoms with E-state index in [4.69, 9.17) is 14.2 Å². The molecule has 0 aromatic heterocycles. The first-order chi connectivity index (χ1) is 21.7. The number of rotatable bonds is 12. The Morgan fingerprint density at radius 1 is 0.761 bits per heavy atom. The van der Waals surface area contributed by atoms with Gasteiger partial charge in [0.1, 0.15) is 6.10 Å². The van der Waals surface area contributed by atoms with Gasteiger partial charge in [-0.15, -0.1) is 0 Å². The number of methoxy groups -OCH3 is 2. The minimum absolute atomic E-state index is 0.0620. The molecule has 0 saturated heterocycles. The molecule has 46 heavy (non-hydrogen) atoms. The van der Waals surface area contributed by atoms with Crippen LogP contribution in [0.2, 0.25) is 0 Å². The smallest absolute Gasteiger partial charge is 0.344 e. The fourth-order valence-electron chi connectivity index (χ4n) is 9.76. The van der Waals surface area contributed by atoms with Gasteiger partial charge in [-0.25, -0.2) is 9.59 Å². The summed E-state index contributed by atoms with van der Waals surface area (Å²) in [5.74, 6) is -2.07. The van der Waals surface area contributed by atoms with Crippen LogP contribution in [0.1, 0.15) is 91.4 Å². The highest BCUT2D eigenvalue weighted by Gasteiger charge is 2.65. The van der Waals surface area contributed by atoms with Gasteiger partial charge in [0.05, 0.1) is 39.3 Å². The molecule has 4 rings (SSSR count). The van der Waals surface area contributed by atoms with Crippen LogP contribution in [0, 0.1) is 46.3 Å². The minimum Gasteiger partial charge on any atom is -0.466 e. The molecule has 0 aliphatic heterocycles. The lowest BCUT2D eigenvalue weighted by Gasteiger charge is -2.63. The monoisotopic (exact) mass is 652 g/mol. The number of hydrogen-bond acceptors (Lipinski definition) is 12. The van der Waals surface area contributed by atoms with Crippen molar-refractivity contribution in [1.29, 1.82) is 0 Å². The molecule has 0 aromatic carbocycles. The molecule has 0 radical (unpaired) electrons. The van der Waals surface area contributed by atoms with Gasteiger partial charge in [-0.1, -0.05) is 20.8 Å². The Bertz CT molecular complexity index is 1140. The van der Waals surface area contributed by atoms with Crippen molar-refractivity contribution >= 4 is 29.8 Å². The fourth-order valence-corrected chi connectivity index (χ4v) is 9.76. The van der Waals surface area contributed by atoms with Crippen molar-refractivity contribution < 1.29 is 57.9 Å². The van der Waals surface area contributed by atoms with E-state index < -0.39 is 55.3 Å². The molecule has 0 aromatic rings. The Morgan fingerprint density at radius 2 is 1.37 bits per heavy atom. The predicted octanol–water partition coefficient (Wildman–Crippen LogP) is 3.13. The second kappa shape index (κ2) is 15.0. The molecule has 0 bridgehead atoms. The van der Waals surface area contributed by atoms with Crippen LogP contribution in [0.3, 0.4) is 0 Å². The van der Waals surface area contributed by atoms with E-state index in [1.165, 1.54) is 14.2 Å². The van der Waals surface area contributed by atoms with Gasteiger partial charge in [-0.05, 0) is 97.7 Å². The maximum atomic E-state index is 12.5. The predicted molar refractivity (Wildman–Crippen MR) is 161 cm³/mol. The summed E-state index contributed by atoms with van der Waals surface area (Å²) >= 11 is 0. The third-order valence-electron chi connectivity index (χ3n) is 12.3. The largest absolute Gasteiger partial charge is 0.466 e. The van der Waals surface area contributed by atoms with Crippen LogP contribution in [0.5, 0.6) is 0 Å². The molecular formula is C34H52O12. The molecule has 4 fully saturated rings. The highest BCUT2D eigenvalue weighted by Crippen LogP contribution is 2.68. The van der Waals surface area contributed by atoms with Crippen LogP contribution in [0.25, 0.3) is 0 Å². The molecule has 0 spiro atoms. The van der Waals surface area contributed by atoms with E-state index in [9.17, 15) is 34.2 Å². The normalized spacial score (nSPS) is 37.0. The summed E-state index contributed by atoms with van der Waals surface area (Å²) in [4.78, 5) is 59.1. The third-order valence-corrected chi connectivity index (χ3v) is 12.3. The van der Waals surface area contributed by atoms with E-state index in [1.54, 1.807) is 0 Å². The number of carbonyl (C=O) groups excluding carboxylic acids is 5. The lowest BCUT2D eigenvalue weighted by molar-refractivity contribution is -0.209. The third kappa shape index (κ3) is 7.53. The Labute approximate surface area is 271 Å². The van der Waals surface area contributed by atoms with E-state index in [1.807, 2.05) is 0 Å². The molecule has 11 atom stereocenters. The SMILES string of the molecule is COC(=O)COC(=O)CCC(=O)OC1CCC2(C)C(C1)CC(O)C1C2CC(O)C2(C)C(C(C)CCC(=O)OCC(=O)OC)CCC12. The first kappa shape index (κ1) is 36.1. The van der Waals surface area contributed by atoms with Gasteiger partial charge in [0.25, 0.3) is 0 Å². The van der Waals surface area contributed by atoms with E-state index in [0.717, 1.165) is 19.3 Å². The Morgan fingerprint density at radius 3 is 2.00 bits per heavy atom. The molecule has 12 nitrogen and oxygen atoms in total. The lowest BCUT2D eigenvalue weighted by Crippen LogP contribution is -2.62. The van der Waals surface area contributed by atoms with Crippen molar-refractivity contribution in [2.45, 2.75) is 110 Å². The second-order valence-electron chi connectivity index (χ2n) is 14.5. The molecule has 0 heterocycles. The van der Waals surface area contributed by atoms with Crippen molar-refractivity contribution in [3.63, 3.8) is 0 Å². The van der Waals surface area contributed by atoms with Crippen LogP contribution in [0.4, 0.5) is 0 Å². The molecule has 4 aliphatic carbocycles. The zero-order valence-electron chi connectivity index (χ0n) is 27.9. The van der Waals surface area contributed by atoms with E-state index in [0.29, 0.717) is 32.1 Å². The summed E-state index contributed by atoms with van der Waals surface area (Å²) in [6, 6.07) is 0. The minimum atomic E-state index is -0.677. The summed E-state index contributed by atoms with van der Waals surface area (Å²) < 4.78 is 24.5. The van der Waals surface area contributed by atoms with E-state index in [2.05, 4.69) is 30.2 Å². The van der Waals surface area contributed by atoms with Crippen LogP contribution in [0.15, 0.2) is 0 Å². The van der Waals surface area contributed by atoms with Gasteiger partial charge >= 0.3 is 29.8 Å². The molecule has 4 saturated carbocycles. The van der Waals surface area contributed by atoms with Crippen LogP contribution in [-0.2, 0) is 47.7 Å². The zero-order chi connectivity index (χ0) is 33.8. The number of carbonyl (C=O) groups is 5. The van der Waals surface area contributed by atoms with Crippen molar-refractivity contribution in [2.75, 3.05) is 27.4 Å². The van der Waals surface area contributed by atoms with Crippen LogP contribution >= 0.6 is 0 Å². The molecule has 12 heteroatoms. The number of aliphatic hydroxyl groups excluding tert-OH is 2. The second-order valence-corrected chi connectivity index (χ2v) is 14.5. The van der Waals surface area contributed by atoms with Gasteiger partial charge in [-0.2, -0.15) is 0 Å². The summed E-state index contributed by atoms with van der Waals surface area (Å²) in [5, 5.41) is 23.5. The average Bonchev–Trinajstić information content (AvgIpc) is 3.39. The van der Waals surface area contributed by atoms with Crippen LogP contribution in [-0.4, -0.2) is 85.8 Å². The average molecular weight is 653 g/mol. The maximum Gasteiger partial charge on any atom is 0.344 e. The van der Waals surface area contributed by atoms with Gasteiger partial charge < -0.3 is 33.9 Å². The Hall–Kier alpha value is -2.73. The van der Waals surface area contributed by atoms with Gasteiger partial charge in [0.2, 0.25) is 0 Å². The highest BCUT2D eigenvalue weighted by molar-refractivity contribution is 5.80. The summed E-state index contributed by atoms with van der Waals surface area (Å²) in [6.45, 7) is 5.67. The summed E-state index contributed by atoms with van der Waals surface area (Å²) in [5.41, 5.74) is -0.495. The van der Waals surface area contributed by atoms with Crippen molar-refractivity contribution in [3.05, 3.63) is 0 Å². The van der Waals surface area contributed by atoms with Crippen molar-refractivity contribution in [3.8, 4) is 0 Å². The summed E-state index contributed by atoms with van der Waals surface area (Å²) in [7, 11) is 2.43. The van der Waals surface area contributed by atoms with Gasteiger partial charge in [-0.3, -0.25) is 14.4 Å². The maximum absolute atomic E-state index is 12.5. The van der Waals surface area contributed by atoms with Gasteiger partial charge in [0, 0.05) is 6.42 Å². The molecule has 2 N–H and O–H groups in total. The first-order valence-electron chi connectivity index (χ1n) is 16.7. The van der Waals surface area contributed by atoms with Gasteiger partial charge in [0.15, 0.2) is 13.2 Å². The first-order valence-corrected chi connectivity index (χ1v) is 16.7. The van der Waals surface area contributed by atoms with Crippen LogP contribution < -0.4 is 0 Å². The number of aliphatic hydroxyl groups is 2. The molecule has 0 amide bonds.